The summed E-state index contributed by atoms with van der Waals surface area (Å²) in [7, 11) is 1.30. The Hall–Kier alpha value is -1.29. The first kappa shape index (κ1) is 14.1. The molecular formula is C13H8Cl3NO2. The number of methoxy groups -OCH3 is 1. The number of aromatic nitrogens is 1. The molecule has 0 saturated carbocycles. The van der Waals surface area contributed by atoms with Gasteiger partial charge in [0.15, 0.2) is 0 Å². The number of hydrogen-bond acceptors (Lipinski definition) is 3. The molecule has 0 aliphatic carbocycles. The highest BCUT2D eigenvalue weighted by molar-refractivity contribution is 6.42. The van der Waals surface area contributed by atoms with Crippen LogP contribution in [0.25, 0.3) is 11.1 Å². The minimum Gasteiger partial charge on any atom is -0.465 e. The second kappa shape index (κ2) is 5.78. The Morgan fingerprint density at radius 1 is 1.16 bits per heavy atom. The lowest BCUT2D eigenvalue weighted by molar-refractivity contribution is 0.0601. The highest BCUT2D eigenvalue weighted by Gasteiger charge is 2.17. The van der Waals surface area contributed by atoms with Gasteiger partial charge in [-0.2, -0.15) is 0 Å². The van der Waals surface area contributed by atoms with Crippen molar-refractivity contribution in [1.82, 2.24) is 4.98 Å². The highest BCUT2D eigenvalue weighted by atomic mass is 35.5. The standard InChI is InChI=1S/C13H8Cl3NO2/c1-19-13(18)8-4-5-17-12(16)11(8)7-2-3-9(14)10(15)6-7/h2-6H,1H3. The van der Waals surface area contributed by atoms with Gasteiger partial charge in [0, 0.05) is 11.8 Å². The average molecular weight is 317 g/mol. The normalized spacial score (nSPS) is 10.3. The van der Waals surface area contributed by atoms with E-state index in [1.807, 2.05) is 0 Å². The number of esters is 1. The van der Waals surface area contributed by atoms with Gasteiger partial charge in [0.2, 0.25) is 0 Å². The Bertz CT molecular complexity index is 644. The van der Waals surface area contributed by atoms with Gasteiger partial charge in [-0.15, -0.1) is 0 Å². The summed E-state index contributed by atoms with van der Waals surface area (Å²) < 4.78 is 4.72. The van der Waals surface area contributed by atoms with Crippen molar-refractivity contribution in [1.29, 1.82) is 0 Å². The van der Waals surface area contributed by atoms with Crippen molar-refractivity contribution >= 4 is 40.8 Å². The van der Waals surface area contributed by atoms with Gasteiger partial charge >= 0.3 is 5.97 Å². The third kappa shape index (κ3) is 2.84. The molecule has 1 aromatic carbocycles. The summed E-state index contributed by atoms with van der Waals surface area (Å²) in [4.78, 5) is 15.7. The van der Waals surface area contributed by atoms with E-state index in [1.54, 1.807) is 18.2 Å². The van der Waals surface area contributed by atoms with Gasteiger partial charge in [-0.25, -0.2) is 9.78 Å². The van der Waals surface area contributed by atoms with E-state index in [4.69, 9.17) is 39.5 Å². The molecule has 3 nitrogen and oxygen atoms in total. The summed E-state index contributed by atoms with van der Waals surface area (Å²) in [5.74, 6) is -0.495. The van der Waals surface area contributed by atoms with Crippen LogP contribution in [-0.2, 0) is 4.74 Å². The van der Waals surface area contributed by atoms with Gasteiger partial charge in [0.05, 0.1) is 22.7 Å². The third-order valence-corrected chi connectivity index (χ3v) is 3.54. The number of halogens is 3. The first-order chi connectivity index (χ1) is 9.04. The summed E-state index contributed by atoms with van der Waals surface area (Å²) in [6, 6.07) is 6.50. The molecule has 2 aromatic rings. The van der Waals surface area contributed by atoms with Crippen LogP contribution in [0.2, 0.25) is 15.2 Å². The van der Waals surface area contributed by atoms with Crippen LogP contribution in [0.4, 0.5) is 0 Å². The zero-order valence-electron chi connectivity index (χ0n) is 9.78. The number of benzene rings is 1. The third-order valence-electron chi connectivity index (χ3n) is 2.52. The quantitative estimate of drug-likeness (QED) is 0.605. The van der Waals surface area contributed by atoms with E-state index >= 15 is 0 Å². The van der Waals surface area contributed by atoms with E-state index in [2.05, 4.69) is 4.98 Å². The summed E-state index contributed by atoms with van der Waals surface area (Å²) >= 11 is 17.9. The number of pyridine rings is 1. The molecule has 0 bridgehead atoms. The maximum absolute atomic E-state index is 11.7. The molecule has 0 aliphatic heterocycles. The first-order valence-electron chi connectivity index (χ1n) is 5.23. The van der Waals surface area contributed by atoms with E-state index in [0.717, 1.165) is 0 Å². The van der Waals surface area contributed by atoms with Crippen molar-refractivity contribution in [3.8, 4) is 11.1 Å². The molecule has 0 spiro atoms. The van der Waals surface area contributed by atoms with Crippen LogP contribution in [0.1, 0.15) is 10.4 Å². The van der Waals surface area contributed by atoms with Crippen LogP contribution < -0.4 is 0 Å². The van der Waals surface area contributed by atoms with Crippen molar-refractivity contribution in [3.05, 3.63) is 51.2 Å². The molecule has 1 heterocycles. The number of carbonyl (C=O) groups is 1. The molecule has 19 heavy (non-hydrogen) atoms. The number of carbonyl (C=O) groups excluding carboxylic acids is 1. The van der Waals surface area contributed by atoms with Gasteiger partial charge in [-0.3, -0.25) is 0 Å². The molecule has 0 fully saturated rings. The minimum atomic E-state index is -0.495. The SMILES string of the molecule is COC(=O)c1ccnc(Cl)c1-c1ccc(Cl)c(Cl)c1. The predicted octanol–water partition coefficient (Wildman–Crippen LogP) is 4.50. The van der Waals surface area contributed by atoms with Crippen molar-refractivity contribution in [2.24, 2.45) is 0 Å². The Labute approximate surface area is 125 Å². The van der Waals surface area contributed by atoms with Gasteiger partial charge in [0.1, 0.15) is 5.15 Å². The zero-order valence-corrected chi connectivity index (χ0v) is 12.1. The second-order valence-electron chi connectivity index (χ2n) is 3.64. The van der Waals surface area contributed by atoms with Gasteiger partial charge < -0.3 is 4.74 Å². The molecule has 0 radical (unpaired) electrons. The molecule has 98 valence electrons. The molecule has 0 aliphatic rings. The number of hydrogen-bond donors (Lipinski definition) is 0. The largest absolute Gasteiger partial charge is 0.465 e. The van der Waals surface area contributed by atoms with Crippen LogP contribution in [0.3, 0.4) is 0 Å². The van der Waals surface area contributed by atoms with Crippen LogP contribution in [-0.4, -0.2) is 18.1 Å². The fourth-order valence-corrected chi connectivity index (χ4v) is 2.21. The van der Waals surface area contributed by atoms with Crippen LogP contribution in [0.5, 0.6) is 0 Å². The highest BCUT2D eigenvalue weighted by Crippen LogP contribution is 2.34. The lowest BCUT2D eigenvalue weighted by Gasteiger charge is -2.10. The van der Waals surface area contributed by atoms with Gasteiger partial charge in [0.25, 0.3) is 0 Å². The Morgan fingerprint density at radius 2 is 1.89 bits per heavy atom. The molecule has 0 unspecified atom stereocenters. The predicted molar refractivity (Wildman–Crippen MR) is 76.0 cm³/mol. The Balaban J connectivity index is 2.66. The fourth-order valence-electron chi connectivity index (χ4n) is 1.64. The second-order valence-corrected chi connectivity index (χ2v) is 4.82. The van der Waals surface area contributed by atoms with Crippen molar-refractivity contribution in [2.75, 3.05) is 7.11 Å². The minimum absolute atomic E-state index is 0.196. The summed E-state index contributed by atoms with van der Waals surface area (Å²) in [6.07, 6.45) is 1.44. The molecule has 6 heteroatoms. The van der Waals surface area contributed by atoms with Crippen molar-refractivity contribution in [3.63, 3.8) is 0 Å². The van der Waals surface area contributed by atoms with Crippen LogP contribution in [0, 0.1) is 0 Å². The lowest BCUT2D eigenvalue weighted by atomic mass is 10.0. The smallest absolute Gasteiger partial charge is 0.338 e. The number of nitrogens with zero attached hydrogens (tertiary/aromatic N) is 1. The number of rotatable bonds is 2. The van der Waals surface area contributed by atoms with E-state index in [1.165, 1.54) is 19.4 Å². The van der Waals surface area contributed by atoms with E-state index in [0.29, 0.717) is 26.7 Å². The van der Waals surface area contributed by atoms with Crippen molar-refractivity contribution < 1.29 is 9.53 Å². The molecule has 0 atom stereocenters. The van der Waals surface area contributed by atoms with Gasteiger partial charge in [-0.05, 0) is 23.8 Å². The topological polar surface area (TPSA) is 39.2 Å². The lowest BCUT2D eigenvalue weighted by Crippen LogP contribution is -2.04. The summed E-state index contributed by atoms with van der Waals surface area (Å²) in [5, 5.41) is 0.987. The fraction of sp³-hybridized carbons (Fsp3) is 0.0769. The molecule has 0 amide bonds. The summed E-state index contributed by atoms with van der Waals surface area (Å²) in [6.45, 7) is 0. The molecule has 1 aromatic heterocycles. The monoisotopic (exact) mass is 315 g/mol. The molecule has 0 saturated heterocycles. The van der Waals surface area contributed by atoms with Crippen LogP contribution in [0.15, 0.2) is 30.5 Å². The number of ether oxygens (including phenoxy) is 1. The molecule has 2 rings (SSSR count). The van der Waals surface area contributed by atoms with Crippen LogP contribution >= 0.6 is 34.8 Å². The molecular weight excluding hydrogens is 309 g/mol. The van der Waals surface area contributed by atoms with E-state index < -0.39 is 5.97 Å². The maximum atomic E-state index is 11.7. The summed E-state index contributed by atoms with van der Waals surface area (Å²) in [5.41, 5.74) is 1.43. The van der Waals surface area contributed by atoms with E-state index in [-0.39, 0.29) is 5.15 Å². The Kier molecular flexibility index (Phi) is 4.30. The zero-order chi connectivity index (χ0) is 14.0. The van der Waals surface area contributed by atoms with Gasteiger partial charge in [-0.1, -0.05) is 40.9 Å². The Morgan fingerprint density at radius 3 is 2.53 bits per heavy atom. The molecule has 0 N–H and O–H groups in total. The van der Waals surface area contributed by atoms with Crippen molar-refractivity contribution in [2.45, 2.75) is 0 Å². The maximum Gasteiger partial charge on any atom is 0.338 e. The average Bonchev–Trinajstić information content (AvgIpc) is 2.41. The van der Waals surface area contributed by atoms with E-state index in [9.17, 15) is 4.79 Å². The first-order valence-corrected chi connectivity index (χ1v) is 6.36.